The molecule has 3 heterocycles. The van der Waals surface area contributed by atoms with E-state index >= 15 is 0 Å². The summed E-state index contributed by atoms with van der Waals surface area (Å²) in [7, 11) is 1.97. The van der Waals surface area contributed by atoms with Crippen molar-refractivity contribution >= 4 is 0 Å². The van der Waals surface area contributed by atoms with Gasteiger partial charge in [-0.2, -0.15) is 5.10 Å². The molecule has 1 aliphatic rings. The molecule has 2 aromatic rings. The molecule has 1 saturated heterocycles. The highest BCUT2D eigenvalue weighted by Crippen LogP contribution is 2.33. The molecule has 0 bridgehead atoms. The Kier molecular flexibility index (Phi) is 3.58. The normalized spacial score (nSPS) is 22.6. The number of hydrogen-bond donors (Lipinski definition) is 1. The molecule has 0 unspecified atom stereocenters. The molecule has 0 aromatic carbocycles. The topological polar surface area (TPSA) is 65.1 Å². The highest BCUT2D eigenvalue weighted by Gasteiger charge is 2.33. The minimum Gasteiger partial charge on any atom is -0.372 e. The number of nitrogens with zero attached hydrogens (tertiary/aromatic N) is 3. The first-order valence-corrected chi connectivity index (χ1v) is 6.91. The summed E-state index contributed by atoms with van der Waals surface area (Å²) < 4.78 is 12.7. The zero-order valence-electron chi connectivity index (χ0n) is 12.1. The van der Waals surface area contributed by atoms with Gasteiger partial charge in [-0.05, 0) is 20.3 Å². The van der Waals surface area contributed by atoms with Gasteiger partial charge in [-0.1, -0.05) is 5.16 Å². The highest BCUT2D eigenvalue weighted by atomic mass is 16.5. The molecular weight excluding hydrogens is 256 g/mol. The molecule has 1 fully saturated rings. The third kappa shape index (κ3) is 2.36. The SMILES string of the molecule is Cc1nn(C)c(C)c1[C@H]1OCC[C@@H]1NCc1ccon1. The largest absolute Gasteiger partial charge is 0.372 e. The number of rotatable bonds is 4. The molecule has 0 spiro atoms. The van der Waals surface area contributed by atoms with Gasteiger partial charge in [-0.3, -0.25) is 4.68 Å². The Morgan fingerprint density at radius 1 is 1.45 bits per heavy atom. The summed E-state index contributed by atoms with van der Waals surface area (Å²) in [5.41, 5.74) is 4.34. The van der Waals surface area contributed by atoms with Gasteiger partial charge >= 0.3 is 0 Å². The fourth-order valence-corrected chi connectivity index (χ4v) is 2.85. The monoisotopic (exact) mass is 276 g/mol. The predicted octanol–water partition coefficient (Wildman–Crippen LogP) is 1.64. The van der Waals surface area contributed by atoms with E-state index in [2.05, 4.69) is 22.5 Å². The van der Waals surface area contributed by atoms with E-state index in [9.17, 15) is 0 Å². The van der Waals surface area contributed by atoms with E-state index in [1.54, 1.807) is 6.26 Å². The minimum absolute atomic E-state index is 0.0654. The predicted molar refractivity (Wildman–Crippen MR) is 73.1 cm³/mol. The van der Waals surface area contributed by atoms with Gasteiger partial charge in [0, 0.05) is 43.6 Å². The zero-order chi connectivity index (χ0) is 14.1. The van der Waals surface area contributed by atoms with E-state index < -0.39 is 0 Å². The average Bonchev–Trinajstić information content (AvgIpc) is 3.10. The van der Waals surface area contributed by atoms with Crippen LogP contribution in [0.3, 0.4) is 0 Å². The summed E-state index contributed by atoms with van der Waals surface area (Å²) in [4.78, 5) is 0. The Bertz CT molecular complexity index is 576. The van der Waals surface area contributed by atoms with Crippen molar-refractivity contribution in [3.05, 3.63) is 35.0 Å². The first-order valence-electron chi connectivity index (χ1n) is 6.91. The van der Waals surface area contributed by atoms with Crippen molar-refractivity contribution in [2.45, 2.75) is 39.0 Å². The Morgan fingerprint density at radius 3 is 2.95 bits per heavy atom. The van der Waals surface area contributed by atoms with Crippen molar-refractivity contribution in [2.24, 2.45) is 7.05 Å². The smallest absolute Gasteiger partial charge is 0.124 e. The van der Waals surface area contributed by atoms with Crippen molar-refractivity contribution in [3.8, 4) is 0 Å². The lowest BCUT2D eigenvalue weighted by Crippen LogP contribution is -2.31. The molecule has 0 aliphatic carbocycles. The second kappa shape index (κ2) is 5.38. The van der Waals surface area contributed by atoms with Gasteiger partial charge in [0.1, 0.15) is 12.4 Å². The molecule has 6 heteroatoms. The minimum atomic E-state index is 0.0654. The van der Waals surface area contributed by atoms with E-state index in [-0.39, 0.29) is 12.1 Å². The zero-order valence-corrected chi connectivity index (χ0v) is 12.1. The molecule has 3 rings (SSSR count). The van der Waals surface area contributed by atoms with Crippen LogP contribution in [0.15, 0.2) is 16.9 Å². The summed E-state index contributed by atoms with van der Waals surface area (Å²) in [6.07, 6.45) is 2.65. The highest BCUT2D eigenvalue weighted by molar-refractivity contribution is 5.29. The Balaban J connectivity index is 1.75. The molecule has 20 heavy (non-hydrogen) atoms. The molecule has 0 saturated carbocycles. The van der Waals surface area contributed by atoms with Crippen molar-refractivity contribution in [1.82, 2.24) is 20.3 Å². The molecule has 1 N–H and O–H groups in total. The van der Waals surface area contributed by atoms with Gasteiger partial charge in [-0.15, -0.1) is 0 Å². The number of hydrogen-bond acceptors (Lipinski definition) is 5. The van der Waals surface area contributed by atoms with E-state index in [0.717, 1.165) is 24.4 Å². The number of aromatic nitrogens is 3. The van der Waals surface area contributed by atoms with Gasteiger partial charge in [0.05, 0.1) is 11.4 Å². The molecule has 0 radical (unpaired) electrons. The van der Waals surface area contributed by atoms with Gasteiger partial charge in [0.15, 0.2) is 0 Å². The fraction of sp³-hybridized carbons (Fsp3) is 0.571. The fourth-order valence-electron chi connectivity index (χ4n) is 2.85. The number of aryl methyl sites for hydroxylation is 2. The Morgan fingerprint density at radius 2 is 2.30 bits per heavy atom. The van der Waals surface area contributed by atoms with Crippen LogP contribution in [0, 0.1) is 13.8 Å². The maximum Gasteiger partial charge on any atom is 0.124 e. The van der Waals surface area contributed by atoms with Crippen LogP contribution in [-0.2, 0) is 18.3 Å². The lowest BCUT2D eigenvalue weighted by Gasteiger charge is -2.20. The summed E-state index contributed by atoms with van der Waals surface area (Å²) in [6, 6.07) is 2.16. The summed E-state index contributed by atoms with van der Waals surface area (Å²) in [5.74, 6) is 0. The van der Waals surface area contributed by atoms with Crippen LogP contribution in [0.2, 0.25) is 0 Å². The molecule has 6 nitrogen and oxygen atoms in total. The van der Waals surface area contributed by atoms with Crippen molar-refractivity contribution < 1.29 is 9.26 Å². The van der Waals surface area contributed by atoms with Crippen molar-refractivity contribution in [3.63, 3.8) is 0 Å². The second-order valence-electron chi connectivity index (χ2n) is 5.27. The van der Waals surface area contributed by atoms with Gasteiger partial charge in [0.25, 0.3) is 0 Å². The van der Waals surface area contributed by atoms with Crippen LogP contribution >= 0.6 is 0 Å². The molecule has 0 amide bonds. The number of nitrogens with one attached hydrogen (secondary N) is 1. The van der Waals surface area contributed by atoms with Gasteiger partial charge in [-0.25, -0.2) is 0 Å². The van der Waals surface area contributed by atoms with Crippen LogP contribution in [0.5, 0.6) is 0 Å². The van der Waals surface area contributed by atoms with E-state index in [4.69, 9.17) is 9.26 Å². The van der Waals surface area contributed by atoms with Crippen molar-refractivity contribution in [1.29, 1.82) is 0 Å². The van der Waals surface area contributed by atoms with Crippen LogP contribution < -0.4 is 5.32 Å². The molecule has 108 valence electrons. The van der Waals surface area contributed by atoms with E-state index in [0.29, 0.717) is 6.54 Å². The lowest BCUT2D eigenvalue weighted by atomic mass is 10.0. The summed E-state index contributed by atoms with van der Waals surface area (Å²) in [5, 5.41) is 11.9. The van der Waals surface area contributed by atoms with Crippen LogP contribution in [0.1, 0.15) is 35.2 Å². The molecular formula is C14H20N4O2. The van der Waals surface area contributed by atoms with Crippen molar-refractivity contribution in [2.75, 3.05) is 6.61 Å². The third-order valence-electron chi connectivity index (χ3n) is 3.98. The lowest BCUT2D eigenvalue weighted by molar-refractivity contribution is 0.0973. The molecule has 2 atom stereocenters. The first kappa shape index (κ1) is 13.3. The maximum absolute atomic E-state index is 5.94. The number of ether oxygens (including phenoxy) is 1. The summed E-state index contributed by atoms with van der Waals surface area (Å²) in [6.45, 7) is 5.60. The van der Waals surface area contributed by atoms with Crippen LogP contribution in [0.4, 0.5) is 0 Å². The third-order valence-corrected chi connectivity index (χ3v) is 3.98. The quantitative estimate of drug-likeness (QED) is 0.919. The maximum atomic E-state index is 5.94. The standard InChI is InChI=1S/C14H20N4O2/c1-9-13(10(2)18(3)16-9)14-12(5-6-19-14)15-8-11-4-7-20-17-11/h4,7,12,14-15H,5-6,8H2,1-3H3/t12-,14-/m0/s1. The second-order valence-corrected chi connectivity index (χ2v) is 5.27. The Hall–Kier alpha value is -1.66. The molecule has 2 aromatic heterocycles. The summed E-state index contributed by atoms with van der Waals surface area (Å²) >= 11 is 0. The molecule has 1 aliphatic heterocycles. The Labute approximate surface area is 118 Å². The first-order chi connectivity index (χ1) is 9.66. The van der Waals surface area contributed by atoms with Crippen LogP contribution in [0.25, 0.3) is 0 Å². The van der Waals surface area contributed by atoms with Gasteiger partial charge in [0.2, 0.25) is 0 Å². The van der Waals surface area contributed by atoms with Gasteiger partial charge < -0.3 is 14.6 Å². The van der Waals surface area contributed by atoms with E-state index in [1.807, 2.05) is 24.7 Å². The van der Waals surface area contributed by atoms with E-state index in [1.165, 1.54) is 11.3 Å². The average molecular weight is 276 g/mol. The van der Waals surface area contributed by atoms with Crippen LogP contribution in [-0.4, -0.2) is 27.6 Å².